The molecule has 2 heterocycles. The molecule has 0 atom stereocenters. The molecule has 0 aliphatic heterocycles. The zero-order valence-corrected chi connectivity index (χ0v) is 18.6. The topological polar surface area (TPSA) is 90.3 Å². The van der Waals surface area contributed by atoms with E-state index in [1.807, 2.05) is 31.2 Å². The molecule has 0 bridgehead atoms. The number of ketones is 1. The van der Waals surface area contributed by atoms with Gasteiger partial charge in [-0.15, -0.1) is 0 Å². The van der Waals surface area contributed by atoms with Gasteiger partial charge in [-0.2, -0.15) is 0 Å². The summed E-state index contributed by atoms with van der Waals surface area (Å²) in [5.74, 6) is -0.408. The molecule has 33 heavy (non-hydrogen) atoms. The molecule has 0 aliphatic rings. The molecule has 0 fully saturated rings. The van der Waals surface area contributed by atoms with Gasteiger partial charge in [0.2, 0.25) is 17.1 Å². The van der Waals surface area contributed by atoms with Crippen molar-refractivity contribution in [2.24, 2.45) is 0 Å². The third kappa shape index (κ3) is 4.39. The number of pyridine rings is 2. The van der Waals surface area contributed by atoms with Crippen LogP contribution in [0.15, 0.2) is 71.7 Å². The number of aryl methyl sites for hydroxylation is 2. The minimum atomic E-state index is -0.479. The minimum absolute atomic E-state index is 0.0543. The molecule has 4 aromatic rings. The van der Waals surface area contributed by atoms with Crippen molar-refractivity contribution in [2.45, 2.75) is 20.4 Å². The van der Waals surface area contributed by atoms with Crippen LogP contribution in [0.1, 0.15) is 27.2 Å². The Balaban J connectivity index is 1.80. The van der Waals surface area contributed by atoms with Crippen molar-refractivity contribution in [2.75, 3.05) is 12.4 Å². The first kappa shape index (κ1) is 22.0. The first-order valence-corrected chi connectivity index (χ1v) is 10.4. The summed E-state index contributed by atoms with van der Waals surface area (Å²) in [6.07, 6.45) is 1.41. The highest BCUT2D eigenvalue weighted by Gasteiger charge is 2.21. The van der Waals surface area contributed by atoms with Crippen molar-refractivity contribution in [3.05, 3.63) is 99.5 Å². The Morgan fingerprint density at radius 1 is 0.970 bits per heavy atom. The van der Waals surface area contributed by atoms with Crippen LogP contribution in [0.4, 0.5) is 5.69 Å². The standard InChI is InChI=1S/C26H23N3O4/c1-16-8-4-6-10-21(16)28-23(30)15-29-14-20(24(31)18-9-5-7-11-22(18)33-3)25(32)19-13-12-17(2)27-26(19)29/h4-14H,15H2,1-3H3,(H,28,30). The molecule has 0 aliphatic carbocycles. The normalized spacial score (nSPS) is 10.8. The highest BCUT2D eigenvalue weighted by atomic mass is 16.5. The number of rotatable bonds is 6. The van der Waals surface area contributed by atoms with Crippen LogP contribution in [-0.4, -0.2) is 28.4 Å². The van der Waals surface area contributed by atoms with Gasteiger partial charge in [-0.1, -0.05) is 30.3 Å². The van der Waals surface area contributed by atoms with Crippen LogP contribution in [0.5, 0.6) is 5.75 Å². The number of carbonyl (C=O) groups is 2. The molecular formula is C26H23N3O4. The van der Waals surface area contributed by atoms with Crippen molar-refractivity contribution in [3.63, 3.8) is 0 Å². The first-order chi connectivity index (χ1) is 15.9. The molecule has 0 saturated heterocycles. The highest BCUT2D eigenvalue weighted by molar-refractivity contribution is 6.11. The van der Waals surface area contributed by atoms with Gasteiger partial charge in [-0.3, -0.25) is 14.4 Å². The van der Waals surface area contributed by atoms with Crippen LogP contribution < -0.4 is 15.5 Å². The molecule has 1 N–H and O–H groups in total. The maximum Gasteiger partial charge on any atom is 0.244 e. The van der Waals surface area contributed by atoms with Crippen LogP contribution in [0.25, 0.3) is 11.0 Å². The summed E-state index contributed by atoms with van der Waals surface area (Å²) < 4.78 is 6.84. The number of anilines is 1. The predicted octanol–water partition coefficient (Wildman–Crippen LogP) is 3.89. The summed E-state index contributed by atoms with van der Waals surface area (Å²) in [6.45, 7) is 3.59. The quantitative estimate of drug-likeness (QED) is 0.459. The maximum absolute atomic E-state index is 13.3. The maximum atomic E-state index is 13.3. The van der Waals surface area contributed by atoms with Crippen LogP contribution in [0.3, 0.4) is 0 Å². The molecule has 2 aromatic carbocycles. The Hall–Kier alpha value is -4.26. The molecule has 0 spiro atoms. The van der Waals surface area contributed by atoms with E-state index in [4.69, 9.17) is 4.74 Å². The fourth-order valence-corrected chi connectivity index (χ4v) is 3.68. The van der Waals surface area contributed by atoms with Crippen molar-refractivity contribution in [3.8, 4) is 5.75 Å². The second-order valence-corrected chi connectivity index (χ2v) is 7.72. The fraction of sp³-hybridized carbons (Fsp3) is 0.154. The number of nitrogens with one attached hydrogen (secondary N) is 1. The van der Waals surface area contributed by atoms with Gasteiger partial charge in [0, 0.05) is 17.6 Å². The SMILES string of the molecule is COc1ccccc1C(=O)c1cn(CC(=O)Nc2ccccc2C)c2nc(C)ccc2c1=O. The number of methoxy groups -OCH3 is 1. The number of benzene rings is 2. The van der Waals surface area contributed by atoms with Gasteiger partial charge in [0.1, 0.15) is 17.9 Å². The van der Waals surface area contributed by atoms with Crippen molar-refractivity contribution >= 4 is 28.4 Å². The molecule has 7 heteroatoms. The van der Waals surface area contributed by atoms with Crippen LogP contribution in [0.2, 0.25) is 0 Å². The lowest BCUT2D eigenvalue weighted by Gasteiger charge is -2.14. The average molecular weight is 441 g/mol. The largest absolute Gasteiger partial charge is 0.496 e. The van der Waals surface area contributed by atoms with E-state index in [0.29, 0.717) is 22.8 Å². The smallest absolute Gasteiger partial charge is 0.244 e. The average Bonchev–Trinajstić information content (AvgIpc) is 2.81. The van der Waals surface area contributed by atoms with E-state index in [-0.39, 0.29) is 29.0 Å². The predicted molar refractivity (Wildman–Crippen MR) is 127 cm³/mol. The van der Waals surface area contributed by atoms with Gasteiger partial charge in [0.05, 0.1) is 23.6 Å². The first-order valence-electron chi connectivity index (χ1n) is 10.4. The summed E-state index contributed by atoms with van der Waals surface area (Å²) in [6, 6.07) is 17.5. The Bertz CT molecular complexity index is 1440. The van der Waals surface area contributed by atoms with E-state index >= 15 is 0 Å². The van der Waals surface area contributed by atoms with Gasteiger partial charge in [-0.05, 0) is 49.7 Å². The van der Waals surface area contributed by atoms with E-state index in [0.717, 1.165) is 5.56 Å². The van der Waals surface area contributed by atoms with Gasteiger partial charge in [0.25, 0.3) is 0 Å². The van der Waals surface area contributed by atoms with Crippen LogP contribution >= 0.6 is 0 Å². The molecule has 2 aromatic heterocycles. The number of aromatic nitrogens is 2. The van der Waals surface area contributed by atoms with Gasteiger partial charge < -0.3 is 14.6 Å². The number of fused-ring (bicyclic) bond motifs is 1. The Morgan fingerprint density at radius 2 is 1.70 bits per heavy atom. The summed E-state index contributed by atoms with van der Waals surface area (Å²) >= 11 is 0. The summed E-state index contributed by atoms with van der Waals surface area (Å²) in [5, 5.41) is 3.15. The third-order valence-electron chi connectivity index (χ3n) is 5.39. The van der Waals surface area contributed by atoms with Gasteiger partial charge >= 0.3 is 0 Å². The summed E-state index contributed by atoms with van der Waals surface area (Å²) in [4.78, 5) is 43.9. The van der Waals surface area contributed by atoms with Gasteiger partial charge in [-0.25, -0.2) is 4.98 Å². The molecule has 0 unspecified atom stereocenters. The molecule has 166 valence electrons. The molecule has 7 nitrogen and oxygen atoms in total. The minimum Gasteiger partial charge on any atom is -0.496 e. The van der Waals surface area contributed by atoms with E-state index in [1.54, 1.807) is 47.9 Å². The van der Waals surface area contributed by atoms with Gasteiger partial charge in [0.15, 0.2) is 0 Å². The van der Waals surface area contributed by atoms with Crippen molar-refractivity contribution < 1.29 is 14.3 Å². The lowest BCUT2D eigenvalue weighted by atomic mass is 10.0. The fourth-order valence-electron chi connectivity index (χ4n) is 3.68. The number of carbonyl (C=O) groups excluding carboxylic acids is 2. The zero-order chi connectivity index (χ0) is 23.5. The van der Waals surface area contributed by atoms with Crippen molar-refractivity contribution in [1.82, 2.24) is 9.55 Å². The Kier molecular flexibility index (Phi) is 6.04. The second-order valence-electron chi connectivity index (χ2n) is 7.72. The molecular weight excluding hydrogens is 418 g/mol. The molecule has 0 radical (unpaired) electrons. The second kappa shape index (κ2) is 9.08. The van der Waals surface area contributed by atoms with Crippen LogP contribution in [-0.2, 0) is 11.3 Å². The highest BCUT2D eigenvalue weighted by Crippen LogP contribution is 2.21. The Labute approximate surface area is 190 Å². The zero-order valence-electron chi connectivity index (χ0n) is 18.6. The van der Waals surface area contributed by atoms with E-state index < -0.39 is 11.2 Å². The number of nitrogens with zero attached hydrogens (tertiary/aromatic N) is 2. The molecule has 1 amide bonds. The number of hydrogen-bond donors (Lipinski definition) is 1. The number of hydrogen-bond acceptors (Lipinski definition) is 5. The lowest BCUT2D eigenvalue weighted by Crippen LogP contribution is -2.25. The van der Waals surface area contributed by atoms with Crippen molar-refractivity contribution in [1.29, 1.82) is 0 Å². The summed E-state index contributed by atoms with van der Waals surface area (Å²) in [7, 11) is 1.47. The number of ether oxygens (including phenoxy) is 1. The van der Waals surface area contributed by atoms with E-state index in [2.05, 4.69) is 10.3 Å². The lowest BCUT2D eigenvalue weighted by molar-refractivity contribution is -0.116. The van der Waals surface area contributed by atoms with E-state index in [1.165, 1.54) is 13.3 Å². The monoisotopic (exact) mass is 441 g/mol. The molecule has 0 saturated carbocycles. The number of amides is 1. The Morgan fingerprint density at radius 3 is 2.45 bits per heavy atom. The molecule has 4 rings (SSSR count). The third-order valence-corrected chi connectivity index (χ3v) is 5.39. The van der Waals surface area contributed by atoms with E-state index in [9.17, 15) is 14.4 Å². The number of para-hydroxylation sites is 2. The van der Waals surface area contributed by atoms with Crippen LogP contribution in [0, 0.1) is 13.8 Å². The summed E-state index contributed by atoms with van der Waals surface area (Å²) in [5.41, 5.74) is 2.44.